The molecule has 2 aromatic carbocycles. The van der Waals surface area contributed by atoms with Crippen molar-refractivity contribution >= 4 is 56.8 Å². The fourth-order valence-corrected chi connectivity index (χ4v) is 7.06. The van der Waals surface area contributed by atoms with Crippen LogP contribution in [-0.2, 0) is 9.53 Å². The summed E-state index contributed by atoms with van der Waals surface area (Å²) in [6.45, 7) is 1.88. The summed E-state index contributed by atoms with van der Waals surface area (Å²) in [5.41, 5.74) is 1.64. The number of hydrogen-bond acceptors (Lipinski definition) is 11. The van der Waals surface area contributed by atoms with Gasteiger partial charge in [0.05, 0.1) is 47.1 Å². The van der Waals surface area contributed by atoms with E-state index >= 15 is 0 Å². The van der Waals surface area contributed by atoms with Crippen molar-refractivity contribution in [1.29, 1.82) is 0 Å². The lowest BCUT2D eigenvalue weighted by atomic mass is 9.93. The predicted octanol–water partition coefficient (Wildman–Crippen LogP) is 5.25. The molecule has 228 valence electrons. The van der Waals surface area contributed by atoms with Crippen molar-refractivity contribution in [3.8, 4) is 11.5 Å². The van der Waals surface area contributed by atoms with Crippen LogP contribution in [-0.4, -0.2) is 41.3 Å². The number of halogens is 1. The normalized spacial score (nSPS) is 14.6. The van der Waals surface area contributed by atoms with Gasteiger partial charge < -0.3 is 18.6 Å². The third-order valence-corrected chi connectivity index (χ3v) is 9.49. The van der Waals surface area contributed by atoms with Crippen molar-refractivity contribution in [2.75, 3.05) is 20.8 Å². The Morgan fingerprint density at radius 2 is 1.82 bits per heavy atom. The molecular formula is C32H25BrN4O6S2. The first-order valence-corrected chi connectivity index (χ1v) is 16.1. The molecular weight excluding hydrogens is 680 g/mol. The van der Waals surface area contributed by atoms with Gasteiger partial charge in [-0.15, -0.1) is 0 Å². The molecule has 6 rings (SSSR count). The van der Waals surface area contributed by atoms with Gasteiger partial charge >= 0.3 is 5.97 Å². The minimum Gasteiger partial charge on any atom is -0.493 e. The zero-order chi connectivity index (χ0) is 31.5. The maximum Gasteiger partial charge on any atom is 0.338 e. The lowest BCUT2D eigenvalue weighted by Gasteiger charge is -2.26. The lowest BCUT2D eigenvalue weighted by Crippen LogP contribution is -2.40. The van der Waals surface area contributed by atoms with E-state index in [1.54, 1.807) is 62.8 Å². The van der Waals surface area contributed by atoms with E-state index in [4.69, 9.17) is 23.6 Å². The van der Waals surface area contributed by atoms with Gasteiger partial charge in [0, 0.05) is 24.0 Å². The van der Waals surface area contributed by atoms with Crippen molar-refractivity contribution < 1.29 is 23.4 Å². The summed E-state index contributed by atoms with van der Waals surface area (Å²) in [4.78, 5) is 41.7. The van der Waals surface area contributed by atoms with Gasteiger partial charge in [0.25, 0.3) is 5.56 Å². The van der Waals surface area contributed by atoms with Gasteiger partial charge in [-0.05, 0) is 64.4 Å². The summed E-state index contributed by atoms with van der Waals surface area (Å²) in [6, 6.07) is 17.3. The molecule has 1 atom stereocenters. The fraction of sp³-hybridized carbons (Fsp3) is 0.156. The summed E-state index contributed by atoms with van der Waals surface area (Å²) in [6.07, 6.45) is 4.96. The highest BCUT2D eigenvalue weighted by molar-refractivity contribution is 9.10. The number of carbonyl (C=O) groups is 1. The summed E-state index contributed by atoms with van der Waals surface area (Å²) >= 11 is 5.98. The van der Waals surface area contributed by atoms with Gasteiger partial charge in [0.1, 0.15) is 5.76 Å². The molecule has 13 heteroatoms. The monoisotopic (exact) mass is 704 g/mol. The van der Waals surface area contributed by atoms with Crippen LogP contribution in [0, 0.1) is 0 Å². The molecule has 0 bridgehead atoms. The van der Waals surface area contributed by atoms with Crippen LogP contribution >= 0.6 is 39.0 Å². The maximum absolute atomic E-state index is 14.2. The van der Waals surface area contributed by atoms with E-state index in [1.165, 1.54) is 34.8 Å². The molecule has 0 amide bonds. The van der Waals surface area contributed by atoms with Crippen LogP contribution in [0.2, 0.25) is 0 Å². The number of carbonyl (C=O) groups excluding carboxylic acids is 1. The third-order valence-electron chi connectivity index (χ3n) is 6.77. The van der Waals surface area contributed by atoms with E-state index < -0.39 is 12.0 Å². The fourth-order valence-electron chi connectivity index (χ4n) is 4.84. The van der Waals surface area contributed by atoms with Gasteiger partial charge in [-0.3, -0.25) is 9.36 Å². The van der Waals surface area contributed by atoms with Crippen LogP contribution in [0.5, 0.6) is 11.5 Å². The number of rotatable bonds is 9. The first-order chi connectivity index (χ1) is 21.9. The molecule has 3 aromatic heterocycles. The SMILES string of the molecule is CCOC(=O)C1=C(c2ccccc2)N=c2s/c(=C/c3cc(Br)c(Sc4ncccn4)o3)c(=O)n2[C@@H]1c1ccc(OC)c(OC)c1. The highest BCUT2D eigenvalue weighted by Crippen LogP contribution is 2.39. The second-order valence-electron chi connectivity index (χ2n) is 9.46. The van der Waals surface area contributed by atoms with Crippen molar-refractivity contribution in [2.24, 2.45) is 4.99 Å². The summed E-state index contributed by atoms with van der Waals surface area (Å²) in [5.74, 6) is 0.832. The summed E-state index contributed by atoms with van der Waals surface area (Å²) < 4.78 is 25.2. The van der Waals surface area contributed by atoms with Gasteiger partial charge in [0.2, 0.25) is 0 Å². The number of methoxy groups -OCH3 is 2. The molecule has 0 fully saturated rings. The van der Waals surface area contributed by atoms with Crippen LogP contribution in [0.4, 0.5) is 0 Å². The number of thiazole rings is 1. The van der Waals surface area contributed by atoms with Crippen molar-refractivity contribution in [2.45, 2.75) is 23.2 Å². The zero-order valence-corrected chi connectivity index (χ0v) is 27.4. The van der Waals surface area contributed by atoms with Crippen LogP contribution in [0.1, 0.15) is 29.9 Å². The Bertz CT molecular complexity index is 2090. The van der Waals surface area contributed by atoms with E-state index in [9.17, 15) is 9.59 Å². The highest BCUT2D eigenvalue weighted by Gasteiger charge is 2.35. The molecule has 1 aliphatic heterocycles. The Morgan fingerprint density at radius 3 is 2.53 bits per heavy atom. The van der Waals surface area contributed by atoms with Crippen molar-refractivity contribution in [3.63, 3.8) is 0 Å². The largest absolute Gasteiger partial charge is 0.493 e. The second kappa shape index (κ2) is 13.3. The number of nitrogens with zero attached hydrogens (tertiary/aromatic N) is 4. The Hall–Kier alpha value is -4.46. The van der Waals surface area contributed by atoms with Gasteiger partial charge in [-0.2, -0.15) is 0 Å². The Morgan fingerprint density at radius 1 is 1.07 bits per heavy atom. The first-order valence-electron chi connectivity index (χ1n) is 13.7. The molecule has 10 nitrogen and oxygen atoms in total. The van der Waals surface area contributed by atoms with Gasteiger partial charge in [-0.25, -0.2) is 19.8 Å². The van der Waals surface area contributed by atoms with Gasteiger partial charge in [0.15, 0.2) is 26.5 Å². The summed E-state index contributed by atoms with van der Waals surface area (Å²) in [7, 11) is 3.07. The zero-order valence-electron chi connectivity index (χ0n) is 24.2. The van der Waals surface area contributed by atoms with E-state index in [0.29, 0.717) is 58.1 Å². The minimum atomic E-state index is -0.873. The smallest absolute Gasteiger partial charge is 0.338 e. The van der Waals surface area contributed by atoms with Crippen LogP contribution in [0.3, 0.4) is 0 Å². The third kappa shape index (κ3) is 6.10. The van der Waals surface area contributed by atoms with Crippen LogP contribution < -0.4 is 24.4 Å². The van der Waals surface area contributed by atoms with Crippen molar-refractivity contribution in [3.05, 3.63) is 120 Å². The Labute approximate surface area is 273 Å². The van der Waals surface area contributed by atoms with E-state index in [2.05, 4.69) is 25.9 Å². The average Bonchev–Trinajstić information content (AvgIpc) is 3.57. The Kier molecular flexibility index (Phi) is 9.01. The Balaban J connectivity index is 1.56. The lowest BCUT2D eigenvalue weighted by molar-refractivity contribution is -0.138. The molecule has 0 unspecified atom stereocenters. The number of furan rings is 1. The predicted molar refractivity (Wildman–Crippen MR) is 173 cm³/mol. The second-order valence-corrected chi connectivity index (χ2v) is 12.3. The molecule has 0 N–H and O–H groups in total. The maximum atomic E-state index is 14.2. The standard InChI is InChI=1S/C32H25BrN4O6S2/c1-4-42-29(39)25-26(18-9-6-5-7-10-18)36-32-37(27(25)19-11-12-22(40-2)23(15-19)41-3)28(38)24(44-32)17-20-16-21(33)30(43-20)45-31-34-13-8-14-35-31/h5-17,27H,4H2,1-3H3/b24-17+/t27-/m1/s1. The number of benzene rings is 2. The molecule has 45 heavy (non-hydrogen) atoms. The number of aromatic nitrogens is 3. The van der Waals surface area contributed by atoms with E-state index in [0.717, 1.165) is 0 Å². The molecule has 0 spiro atoms. The number of fused-ring (bicyclic) bond motifs is 1. The van der Waals surface area contributed by atoms with Gasteiger partial charge in [-0.1, -0.05) is 47.7 Å². The topological polar surface area (TPSA) is 118 Å². The molecule has 0 saturated carbocycles. The van der Waals surface area contributed by atoms with Crippen molar-refractivity contribution in [1.82, 2.24) is 14.5 Å². The number of ether oxygens (including phenoxy) is 3. The molecule has 0 saturated heterocycles. The highest BCUT2D eigenvalue weighted by atomic mass is 79.9. The van der Waals surface area contributed by atoms with Crippen LogP contribution in [0.15, 0.2) is 108 Å². The first kappa shape index (κ1) is 30.6. The molecule has 4 heterocycles. The molecule has 0 radical (unpaired) electrons. The number of hydrogen-bond donors (Lipinski definition) is 0. The van der Waals surface area contributed by atoms with E-state index in [-0.39, 0.29) is 17.7 Å². The quantitative estimate of drug-likeness (QED) is 0.150. The number of esters is 1. The molecule has 0 aliphatic carbocycles. The molecule has 5 aromatic rings. The summed E-state index contributed by atoms with van der Waals surface area (Å²) in [5, 5.41) is 1.06. The minimum absolute atomic E-state index is 0.148. The van der Waals surface area contributed by atoms with E-state index in [1.807, 2.05) is 30.3 Å². The molecule has 1 aliphatic rings. The van der Waals surface area contributed by atoms with Crippen LogP contribution in [0.25, 0.3) is 11.8 Å². The average molecular weight is 706 g/mol.